The van der Waals surface area contributed by atoms with Crippen molar-refractivity contribution in [2.45, 2.75) is 6.92 Å². The smallest absolute Gasteiger partial charge is 0.139 e. The first-order valence-electron chi connectivity index (χ1n) is 8.82. The van der Waals surface area contributed by atoms with E-state index < -0.39 is 0 Å². The second-order valence-electron chi connectivity index (χ2n) is 6.78. The van der Waals surface area contributed by atoms with E-state index >= 15 is 0 Å². The van der Waals surface area contributed by atoms with E-state index in [-0.39, 0.29) is 0 Å². The van der Waals surface area contributed by atoms with Crippen LogP contribution in [0.4, 0.5) is 17.3 Å². The normalized spacial score (nSPS) is 14.7. The molecule has 0 amide bonds. The van der Waals surface area contributed by atoms with Crippen LogP contribution in [0, 0.1) is 6.92 Å². The minimum atomic E-state index is 0.945. The second kappa shape index (κ2) is 6.74. The van der Waals surface area contributed by atoms with Gasteiger partial charge in [0, 0.05) is 63.1 Å². The Balaban J connectivity index is 1.55. The quantitative estimate of drug-likeness (QED) is 0.718. The molecular formula is C19H23N7. The molecule has 2 aromatic heterocycles. The first-order valence-corrected chi connectivity index (χ1v) is 8.82. The molecule has 0 bridgehead atoms. The summed E-state index contributed by atoms with van der Waals surface area (Å²) in [4.78, 5) is 24.2. The van der Waals surface area contributed by atoms with Gasteiger partial charge >= 0.3 is 0 Å². The monoisotopic (exact) mass is 349 g/mol. The van der Waals surface area contributed by atoms with E-state index in [4.69, 9.17) is 0 Å². The van der Waals surface area contributed by atoms with E-state index in [9.17, 15) is 0 Å². The fourth-order valence-electron chi connectivity index (χ4n) is 3.39. The minimum Gasteiger partial charge on any atom is -0.368 e. The largest absolute Gasteiger partial charge is 0.368 e. The number of aromatic nitrogens is 4. The van der Waals surface area contributed by atoms with Crippen LogP contribution in [-0.2, 0) is 0 Å². The summed E-state index contributed by atoms with van der Waals surface area (Å²) < 4.78 is 0. The fraction of sp³-hybridized carbons (Fsp3) is 0.368. The third-order valence-electron chi connectivity index (χ3n) is 4.78. The van der Waals surface area contributed by atoms with Gasteiger partial charge in [0.15, 0.2) is 0 Å². The van der Waals surface area contributed by atoms with Crippen LogP contribution in [0.1, 0.15) is 5.69 Å². The number of benzene rings is 1. The van der Waals surface area contributed by atoms with Gasteiger partial charge < -0.3 is 14.7 Å². The van der Waals surface area contributed by atoms with Crippen molar-refractivity contribution in [3.8, 4) is 0 Å². The molecule has 0 atom stereocenters. The van der Waals surface area contributed by atoms with E-state index in [1.807, 2.05) is 32.0 Å². The maximum atomic E-state index is 4.43. The molecule has 1 aliphatic rings. The summed E-state index contributed by atoms with van der Waals surface area (Å²) in [5, 5.41) is 1.09. The van der Waals surface area contributed by atoms with E-state index in [0.29, 0.717) is 0 Å². The highest BCUT2D eigenvalue weighted by Crippen LogP contribution is 2.27. The van der Waals surface area contributed by atoms with Gasteiger partial charge in [-0.15, -0.1) is 0 Å². The first-order chi connectivity index (χ1) is 12.6. The molecule has 0 saturated carbocycles. The Bertz CT molecular complexity index is 917. The molecule has 0 radical (unpaired) electrons. The molecular weight excluding hydrogens is 326 g/mol. The summed E-state index contributed by atoms with van der Waals surface area (Å²) >= 11 is 0. The van der Waals surface area contributed by atoms with Crippen molar-refractivity contribution in [2.75, 3.05) is 55.0 Å². The molecule has 3 heterocycles. The number of anilines is 3. The molecule has 26 heavy (non-hydrogen) atoms. The van der Waals surface area contributed by atoms with Gasteiger partial charge in [0.25, 0.3) is 0 Å². The number of rotatable bonds is 3. The molecule has 3 aromatic rings. The lowest BCUT2D eigenvalue weighted by Gasteiger charge is -2.36. The number of piperazine rings is 1. The van der Waals surface area contributed by atoms with Crippen LogP contribution >= 0.6 is 0 Å². The maximum Gasteiger partial charge on any atom is 0.139 e. The molecule has 4 rings (SSSR count). The number of nitrogens with zero attached hydrogens (tertiary/aromatic N) is 7. The van der Waals surface area contributed by atoms with E-state index in [1.165, 1.54) is 5.69 Å². The predicted octanol–water partition coefficient (Wildman–Crippen LogP) is 2.12. The van der Waals surface area contributed by atoms with Crippen LogP contribution < -0.4 is 14.7 Å². The van der Waals surface area contributed by atoms with Crippen molar-refractivity contribution in [1.29, 1.82) is 0 Å². The summed E-state index contributed by atoms with van der Waals surface area (Å²) in [5.41, 5.74) is 3.19. The second-order valence-corrected chi connectivity index (χ2v) is 6.78. The standard InChI is InChI=1S/C19H23N7/c1-14-10-18(22-12-20-14)26-8-6-25(7-9-26)15-4-5-17-16(11-15)19(24(2)3)23-13-21-17/h4-5,10-13H,6-9H2,1-3H3. The van der Waals surface area contributed by atoms with Crippen molar-refractivity contribution in [2.24, 2.45) is 0 Å². The molecule has 7 heteroatoms. The summed E-state index contributed by atoms with van der Waals surface area (Å²) in [6.45, 7) is 5.81. The van der Waals surface area contributed by atoms with Crippen LogP contribution in [0.2, 0.25) is 0 Å². The van der Waals surface area contributed by atoms with Gasteiger partial charge in [-0.1, -0.05) is 0 Å². The van der Waals surface area contributed by atoms with E-state index in [0.717, 1.165) is 54.4 Å². The Morgan fingerprint density at radius 2 is 1.58 bits per heavy atom. The number of hydrogen-bond donors (Lipinski definition) is 0. The van der Waals surface area contributed by atoms with Gasteiger partial charge in [-0.2, -0.15) is 0 Å². The van der Waals surface area contributed by atoms with Gasteiger partial charge in [0.2, 0.25) is 0 Å². The Hall–Kier alpha value is -2.96. The molecule has 0 aliphatic carbocycles. The van der Waals surface area contributed by atoms with E-state index in [1.54, 1.807) is 12.7 Å². The van der Waals surface area contributed by atoms with Crippen molar-refractivity contribution in [3.63, 3.8) is 0 Å². The van der Waals surface area contributed by atoms with Crippen LogP contribution in [0.15, 0.2) is 36.9 Å². The van der Waals surface area contributed by atoms with Crippen LogP contribution in [-0.4, -0.2) is 60.2 Å². The van der Waals surface area contributed by atoms with Gasteiger partial charge in [-0.25, -0.2) is 19.9 Å². The average Bonchev–Trinajstić information content (AvgIpc) is 2.67. The summed E-state index contributed by atoms with van der Waals surface area (Å²) in [5.74, 6) is 1.96. The highest BCUT2D eigenvalue weighted by molar-refractivity contribution is 5.91. The predicted molar refractivity (Wildman–Crippen MR) is 105 cm³/mol. The molecule has 0 N–H and O–H groups in total. The van der Waals surface area contributed by atoms with Crippen LogP contribution in [0.25, 0.3) is 10.9 Å². The van der Waals surface area contributed by atoms with Crippen molar-refractivity contribution < 1.29 is 0 Å². The highest BCUT2D eigenvalue weighted by Gasteiger charge is 2.19. The lowest BCUT2D eigenvalue weighted by molar-refractivity contribution is 0.646. The first kappa shape index (κ1) is 16.5. The van der Waals surface area contributed by atoms with Crippen LogP contribution in [0.3, 0.4) is 0 Å². The topological polar surface area (TPSA) is 61.3 Å². The van der Waals surface area contributed by atoms with Crippen molar-refractivity contribution in [1.82, 2.24) is 19.9 Å². The van der Waals surface area contributed by atoms with E-state index in [2.05, 4.69) is 47.9 Å². The summed E-state index contributed by atoms with van der Waals surface area (Å²) in [6.07, 6.45) is 3.27. The summed E-state index contributed by atoms with van der Waals surface area (Å²) in [7, 11) is 4.02. The zero-order valence-electron chi connectivity index (χ0n) is 15.4. The van der Waals surface area contributed by atoms with Crippen molar-refractivity contribution in [3.05, 3.63) is 42.6 Å². The summed E-state index contributed by atoms with van der Waals surface area (Å²) in [6, 6.07) is 8.49. The minimum absolute atomic E-state index is 0.945. The van der Waals surface area contributed by atoms with Gasteiger partial charge in [-0.05, 0) is 25.1 Å². The van der Waals surface area contributed by atoms with Gasteiger partial charge in [0.05, 0.1) is 5.52 Å². The molecule has 1 saturated heterocycles. The number of hydrogen-bond acceptors (Lipinski definition) is 7. The lowest BCUT2D eigenvalue weighted by atomic mass is 10.1. The highest BCUT2D eigenvalue weighted by atomic mass is 15.3. The number of aryl methyl sites for hydroxylation is 1. The van der Waals surface area contributed by atoms with Gasteiger partial charge in [-0.3, -0.25) is 0 Å². The third-order valence-corrected chi connectivity index (χ3v) is 4.78. The Morgan fingerprint density at radius 3 is 2.31 bits per heavy atom. The molecule has 1 aromatic carbocycles. The Kier molecular flexibility index (Phi) is 4.28. The molecule has 1 aliphatic heterocycles. The molecule has 0 spiro atoms. The Labute approximate surface area is 153 Å². The average molecular weight is 349 g/mol. The molecule has 0 unspecified atom stereocenters. The SMILES string of the molecule is Cc1cc(N2CCN(c3ccc4ncnc(N(C)C)c4c3)CC2)ncn1. The third kappa shape index (κ3) is 3.12. The molecule has 1 fully saturated rings. The number of fused-ring (bicyclic) bond motifs is 1. The fourth-order valence-corrected chi connectivity index (χ4v) is 3.39. The zero-order chi connectivity index (χ0) is 18.1. The van der Waals surface area contributed by atoms with Crippen LogP contribution in [0.5, 0.6) is 0 Å². The van der Waals surface area contributed by atoms with Crippen molar-refractivity contribution >= 4 is 28.2 Å². The van der Waals surface area contributed by atoms with Gasteiger partial charge in [0.1, 0.15) is 24.3 Å². The lowest BCUT2D eigenvalue weighted by Crippen LogP contribution is -2.46. The zero-order valence-corrected chi connectivity index (χ0v) is 15.4. The maximum absolute atomic E-state index is 4.43. The molecule has 134 valence electrons. The Morgan fingerprint density at radius 1 is 0.846 bits per heavy atom. The molecule has 7 nitrogen and oxygen atoms in total.